The van der Waals surface area contributed by atoms with Crippen LogP contribution >= 0.6 is 0 Å². The van der Waals surface area contributed by atoms with E-state index in [1.54, 1.807) is 36.7 Å². The summed E-state index contributed by atoms with van der Waals surface area (Å²) in [5.41, 5.74) is 3.31. The van der Waals surface area contributed by atoms with E-state index in [-0.39, 0.29) is 23.3 Å². The number of nitrogens with one attached hydrogen (secondary N) is 3. The van der Waals surface area contributed by atoms with Crippen molar-refractivity contribution in [1.82, 2.24) is 24.9 Å². The maximum Gasteiger partial charge on any atom is 0.270 e. The molecule has 31 heavy (non-hydrogen) atoms. The number of nitrogens with zero attached hydrogens (tertiary/aromatic N) is 3. The molecule has 1 aliphatic carbocycles. The Bertz CT molecular complexity index is 1370. The predicted octanol–water partition coefficient (Wildman–Crippen LogP) is 3.50. The number of anilines is 1. The number of fused-ring (bicyclic) bond motifs is 1. The molecule has 1 fully saturated rings. The number of H-pyrrole nitrogens is 2. The quantitative estimate of drug-likeness (QED) is 0.415. The van der Waals surface area contributed by atoms with Gasteiger partial charge in [0.05, 0.1) is 18.1 Å². The molecule has 154 valence electrons. The number of hydrogen-bond donors (Lipinski definition) is 3. The largest absolute Gasteiger partial charge is 0.437 e. The van der Waals surface area contributed by atoms with E-state index in [1.807, 2.05) is 0 Å². The fraction of sp³-hybridized carbons (Fsp3) is 0.136. The molecule has 3 heterocycles. The maximum atomic E-state index is 12.4. The van der Waals surface area contributed by atoms with Crippen molar-refractivity contribution >= 4 is 22.8 Å². The summed E-state index contributed by atoms with van der Waals surface area (Å²) in [5.74, 6) is 0.708. The summed E-state index contributed by atoms with van der Waals surface area (Å²) in [6, 6.07) is 6.90. The molecule has 0 atom stereocenters. The summed E-state index contributed by atoms with van der Waals surface area (Å²) in [5, 5.41) is 2.68. The number of carbonyl (C=O) groups is 1. The Kier molecular flexibility index (Phi) is 4.55. The topological polar surface area (TPSA) is 126 Å². The highest BCUT2D eigenvalue weighted by Crippen LogP contribution is 2.37. The van der Waals surface area contributed by atoms with Crippen LogP contribution in [-0.2, 0) is 4.79 Å². The van der Waals surface area contributed by atoms with Crippen molar-refractivity contribution < 1.29 is 9.53 Å². The molecule has 5 rings (SSSR count). The molecule has 0 unspecified atom stereocenters. The highest BCUT2D eigenvalue weighted by Gasteiger charge is 2.28. The first kappa shape index (κ1) is 18.7. The van der Waals surface area contributed by atoms with Gasteiger partial charge in [-0.2, -0.15) is 0 Å². The minimum absolute atomic E-state index is 0.173. The van der Waals surface area contributed by atoms with Gasteiger partial charge in [-0.3, -0.25) is 14.6 Å². The van der Waals surface area contributed by atoms with E-state index < -0.39 is 0 Å². The molecule has 1 saturated carbocycles. The van der Waals surface area contributed by atoms with Crippen LogP contribution in [0.15, 0.2) is 60.3 Å². The summed E-state index contributed by atoms with van der Waals surface area (Å²) in [6.07, 6.45) is 8.08. The first-order valence-corrected chi connectivity index (χ1v) is 9.76. The second-order valence-corrected chi connectivity index (χ2v) is 7.22. The Morgan fingerprint density at radius 3 is 2.90 bits per heavy atom. The minimum atomic E-state index is -0.314. The van der Waals surface area contributed by atoms with Crippen LogP contribution in [-0.4, -0.2) is 30.8 Å². The molecule has 0 radical (unpaired) electrons. The second-order valence-electron chi connectivity index (χ2n) is 7.22. The van der Waals surface area contributed by atoms with Gasteiger partial charge in [0.2, 0.25) is 11.8 Å². The average Bonchev–Trinajstić information content (AvgIpc) is 3.52. The third kappa shape index (κ3) is 3.80. The van der Waals surface area contributed by atoms with Crippen molar-refractivity contribution in [2.45, 2.75) is 18.8 Å². The summed E-state index contributed by atoms with van der Waals surface area (Å²) < 4.78 is 5.83. The van der Waals surface area contributed by atoms with Crippen LogP contribution in [0.5, 0.6) is 11.6 Å². The third-order valence-electron chi connectivity index (χ3n) is 4.94. The molecule has 1 aliphatic rings. The molecule has 9 nitrogen and oxygen atoms in total. The fourth-order valence-corrected chi connectivity index (χ4v) is 3.28. The van der Waals surface area contributed by atoms with E-state index >= 15 is 0 Å². The van der Waals surface area contributed by atoms with Gasteiger partial charge in [0.1, 0.15) is 17.0 Å². The Morgan fingerprint density at radius 2 is 2.13 bits per heavy atom. The average molecular weight is 414 g/mol. The number of carbonyl (C=O) groups excluding carboxylic acids is 1. The second kappa shape index (κ2) is 7.52. The summed E-state index contributed by atoms with van der Waals surface area (Å²) >= 11 is 0. The number of amides is 1. The molecular formula is C22H18N6O3. The minimum Gasteiger partial charge on any atom is -0.437 e. The molecule has 4 aromatic rings. The maximum absolute atomic E-state index is 12.4. The van der Waals surface area contributed by atoms with Crippen LogP contribution in [0.2, 0.25) is 0 Å². The first-order valence-electron chi connectivity index (χ1n) is 9.76. The van der Waals surface area contributed by atoms with Crippen LogP contribution in [0, 0.1) is 0 Å². The van der Waals surface area contributed by atoms with Gasteiger partial charge in [0.15, 0.2) is 5.65 Å². The summed E-state index contributed by atoms with van der Waals surface area (Å²) in [4.78, 5) is 43.1. The number of aromatic amines is 2. The number of hydrogen-bond acceptors (Lipinski definition) is 6. The third-order valence-corrected chi connectivity index (χ3v) is 4.94. The van der Waals surface area contributed by atoms with Gasteiger partial charge in [-0.25, -0.2) is 9.97 Å². The molecule has 1 aromatic carbocycles. The van der Waals surface area contributed by atoms with Gasteiger partial charge in [-0.15, -0.1) is 0 Å². The zero-order valence-corrected chi connectivity index (χ0v) is 16.4. The molecule has 0 spiro atoms. The van der Waals surface area contributed by atoms with Crippen LogP contribution in [0.1, 0.15) is 24.5 Å². The van der Waals surface area contributed by atoms with Crippen molar-refractivity contribution in [3.63, 3.8) is 0 Å². The van der Waals surface area contributed by atoms with Gasteiger partial charge in [0.25, 0.3) is 5.56 Å². The normalized spacial score (nSPS) is 13.2. The van der Waals surface area contributed by atoms with Gasteiger partial charge in [-0.1, -0.05) is 12.6 Å². The van der Waals surface area contributed by atoms with E-state index in [9.17, 15) is 9.59 Å². The SMILES string of the molecule is C=CC(=O)Nc1cccc(Oc2cnc3[nH]cc(-c4cnc(C5CC5)c(=O)[nH]4)c3n2)c1. The zero-order valence-electron chi connectivity index (χ0n) is 16.4. The molecule has 0 saturated heterocycles. The van der Waals surface area contributed by atoms with Crippen molar-refractivity contribution in [3.8, 4) is 22.9 Å². The standard InChI is InChI=1S/C22H18N6O3/c1-2-17(29)26-13-4-3-5-14(8-13)31-18-11-25-21-20(28-18)15(9-24-21)16-10-23-19(12-6-7-12)22(30)27-16/h2-5,8-12H,1,6-7H2,(H,24,25)(H,26,29)(H,27,30). The number of benzene rings is 1. The van der Waals surface area contributed by atoms with Crippen molar-refractivity contribution in [3.05, 3.63) is 71.6 Å². The van der Waals surface area contributed by atoms with Crippen LogP contribution in [0.4, 0.5) is 5.69 Å². The Hall–Kier alpha value is -4.27. The Balaban J connectivity index is 1.45. The zero-order chi connectivity index (χ0) is 21.4. The summed E-state index contributed by atoms with van der Waals surface area (Å²) in [6.45, 7) is 3.43. The lowest BCUT2D eigenvalue weighted by molar-refractivity contribution is -0.111. The number of ether oxygens (including phenoxy) is 1. The first-order chi connectivity index (χ1) is 15.1. The molecule has 0 aliphatic heterocycles. The van der Waals surface area contributed by atoms with E-state index in [0.29, 0.717) is 39.6 Å². The molecule has 1 amide bonds. The van der Waals surface area contributed by atoms with Gasteiger partial charge < -0.3 is 20.0 Å². The summed E-state index contributed by atoms with van der Waals surface area (Å²) in [7, 11) is 0. The highest BCUT2D eigenvalue weighted by molar-refractivity contribution is 5.99. The predicted molar refractivity (Wildman–Crippen MR) is 115 cm³/mol. The van der Waals surface area contributed by atoms with E-state index in [0.717, 1.165) is 12.8 Å². The molecule has 3 N–H and O–H groups in total. The number of rotatable bonds is 6. The molecule has 0 bridgehead atoms. The van der Waals surface area contributed by atoms with Crippen LogP contribution in [0.3, 0.4) is 0 Å². The molecular weight excluding hydrogens is 396 g/mol. The fourth-order valence-electron chi connectivity index (χ4n) is 3.28. The van der Waals surface area contributed by atoms with Crippen molar-refractivity contribution in [2.75, 3.05) is 5.32 Å². The smallest absolute Gasteiger partial charge is 0.270 e. The number of aromatic nitrogens is 5. The Morgan fingerprint density at radius 1 is 1.26 bits per heavy atom. The van der Waals surface area contributed by atoms with Crippen molar-refractivity contribution in [1.29, 1.82) is 0 Å². The van der Waals surface area contributed by atoms with Crippen LogP contribution < -0.4 is 15.6 Å². The highest BCUT2D eigenvalue weighted by atomic mass is 16.5. The lowest BCUT2D eigenvalue weighted by atomic mass is 10.2. The lowest BCUT2D eigenvalue weighted by Crippen LogP contribution is -2.14. The van der Waals surface area contributed by atoms with E-state index in [1.165, 1.54) is 12.3 Å². The van der Waals surface area contributed by atoms with E-state index in [2.05, 4.69) is 36.8 Å². The monoisotopic (exact) mass is 414 g/mol. The van der Waals surface area contributed by atoms with Crippen LogP contribution in [0.25, 0.3) is 22.4 Å². The van der Waals surface area contributed by atoms with E-state index in [4.69, 9.17) is 4.74 Å². The van der Waals surface area contributed by atoms with Gasteiger partial charge >= 0.3 is 0 Å². The molecule has 3 aromatic heterocycles. The Labute approximate surface area is 176 Å². The van der Waals surface area contributed by atoms with Gasteiger partial charge in [0, 0.05) is 29.4 Å². The molecule has 9 heteroatoms. The lowest BCUT2D eigenvalue weighted by Gasteiger charge is -2.07. The van der Waals surface area contributed by atoms with Gasteiger partial charge in [-0.05, 0) is 31.1 Å². The van der Waals surface area contributed by atoms with Crippen molar-refractivity contribution in [2.24, 2.45) is 0 Å².